The highest BCUT2D eigenvalue weighted by Gasteiger charge is 2.04. The predicted molar refractivity (Wildman–Crippen MR) is 78.2 cm³/mol. The van der Waals surface area contributed by atoms with E-state index in [1.54, 1.807) is 30.3 Å². The number of benzene rings is 2. The van der Waals surface area contributed by atoms with E-state index < -0.39 is 0 Å². The first-order valence-electron chi connectivity index (χ1n) is 6.17. The highest BCUT2D eigenvalue weighted by atomic mass is 35.5. The molecule has 1 N–H and O–H groups in total. The lowest BCUT2D eigenvalue weighted by Gasteiger charge is -2.06. The van der Waals surface area contributed by atoms with Gasteiger partial charge in [0, 0.05) is 11.6 Å². The number of nitriles is 1. The van der Waals surface area contributed by atoms with Gasteiger partial charge in [0.15, 0.2) is 0 Å². The molecule has 0 fully saturated rings. The van der Waals surface area contributed by atoms with Crippen LogP contribution in [-0.2, 0) is 17.8 Å². The molecule has 0 aromatic heterocycles. The van der Waals surface area contributed by atoms with Crippen molar-refractivity contribution in [2.45, 2.75) is 13.0 Å². The number of nitrogens with one attached hydrogen (secondary N) is 1. The highest BCUT2D eigenvalue weighted by molar-refractivity contribution is 6.30. The Bertz CT molecular complexity index is 662. The number of hydrogen-bond acceptors (Lipinski definition) is 2. The van der Waals surface area contributed by atoms with Crippen LogP contribution in [0, 0.1) is 11.3 Å². The Kier molecular flexibility index (Phi) is 4.75. The fourth-order valence-electron chi connectivity index (χ4n) is 1.85. The molecule has 0 saturated carbocycles. The predicted octanol–water partition coefficient (Wildman–Crippen LogP) is 3.07. The van der Waals surface area contributed by atoms with E-state index >= 15 is 0 Å². The zero-order chi connectivity index (χ0) is 14.4. The lowest BCUT2D eigenvalue weighted by molar-refractivity contribution is -0.120. The maximum absolute atomic E-state index is 11.8. The molecule has 0 unspecified atom stereocenters. The van der Waals surface area contributed by atoms with Crippen LogP contribution < -0.4 is 5.32 Å². The van der Waals surface area contributed by atoms with Gasteiger partial charge in [-0.05, 0) is 35.4 Å². The van der Waals surface area contributed by atoms with Gasteiger partial charge in [-0.25, -0.2) is 0 Å². The van der Waals surface area contributed by atoms with Crippen LogP contribution in [0.15, 0.2) is 48.5 Å². The van der Waals surface area contributed by atoms with Gasteiger partial charge in [-0.3, -0.25) is 4.79 Å². The minimum absolute atomic E-state index is 0.0744. The summed E-state index contributed by atoms with van der Waals surface area (Å²) in [5.41, 5.74) is 2.37. The fraction of sp³-hybridized carbons (Fsp3) is 0.125. The number of amides is 1. The Morgan fingerprint density at radius 3 is 2.65 bits per heavy atom. The summed E-state index contributed by atoms with van der Waals surface area (Å²) >= 11 is 5.87. The van der Waals surface area contributed by atoms with E-state index in [1.807, 2.05) is 18.2 Å². The van der Waals surface area contributed by atoms with E-state index in [0.29, 0.717) is 23.6 Å². The van der Waals surface area contributed by atoms with Crippen LogP contribution in [0.2, 0.25) is 5.02 Å². The highest BCUT2D eigenvalue weighted by Crippen LogP contribution is 2.11. The first-order valence-corrected chi connectivity index (χ1v) is 6.55. The fourth-order valence-corrected chi connectivity index (χ4v) is 2.06. The molecule has 0 aliphatic heterocycles. The molecule has 0 atom stereocenters. The molecule has 3 nitrogen and oxygen atoms in total. The molecule has 2 aromatic rings. The quantitative estimate of drug-likeness (QED) is 0.938. The van der Waals surface area contributed by atoms with Gasteiger partial charge in [0.25, 0.3) is 0 Å². The molecule has 1 amide bonds. The third-order valence-corrected chi connectivity index (χ3v) is 3.03. The van der Waals surface area contributed by atoms with Crippen LogP contribution in [0.4, 0.5) is 0 Å². The molecule has 0 aliphatic carbocycles. The summed E-state index contributed by atoms with van der Waals surface area (Å²) in [6, 6.07) is 16.5. The molecule has 0 radical (unpaired) electrons. The van der Waals surface area contributed by atoms with Crippen LogP contribution in [0.5, 0.6) is 0 Å². The van der Waals surface area contributed by atoms with Crippen molar-refractivity contribution < 1.29 is 4.79 Å². The topological polar surface area (TPSA) is 52.9 Å². The van der Waals surface area contributed by atoms with Gasteiger partial charge in [-0.2, -0.15) is 5.26 Å². The number of hydrogen-bond donors (Lipinski definition) is 1. The van der Waals surface area contributed by atoms with Crippen molar-refractivity contribution in [3.05, 3.63) is 70.2 Å². The minimum Gasteiger partial charge on any atom is -0.352 e. The zero-order valence-corrected chi connectivity index (χ0v) is 11.5. The average Bonchev–Trinajstić information content (AvgIpc) is 2.45. The largest absolute Gasteiger partial charge is 0.352 e. The molecule has 0 spiro atoms. The molecule has 4 heteroatoms. The Morgan fingerprint density at radius 1 is 1.15 bits per heavy atom. The summed E-state index contributed by atoms with van der Waals surface area (Å²) in [6.45, 7) is 0.412. The monoisotopic (exact) mass is 284 g/mol. The molecule has 2 aromatic carbocycles. The number of rotatable bonds is 4. The molecule has 0 saturated heterocycles. The van der Waals surface area contributed by atoms with Crippen LogP contribution in [-0.4, -0.2) is 5.91 Å². The molecular formula is C16H13ClN2O. The Morgan fingerprint density at radius 2 is 1.90 bits per heavy atom. The van der Waals surface area contributed by atoms with E-state index in [0.717, 1.165) is 11.1 Å². The lowest BCUT2D eigenvalue weighted by Crippen LogP contribution is -2.24. The maximum atomic E-state index is 11.8. The van der Waals surface area contributed by atoms with Gasteiger partial charge in [-0.15, -0.1) is 0 Å². The van der Waals surface area contributed by atoms with Gasteiger partial charge >= 0.3 is 0 Å². The first kappa shape index (κ1) is 14.1. The van der Waals surface area contributed by atoms with E-state index in [2.05, 4.69) is 11.4 Å². The van der Waals surface area contributed by atoms with Crippen LogP contribution in [0.25, 0.3) is 0 Å². The van der Waals surface area contributed by atoms with E-state index in [1.165, 1.54) is 0 Å². The van der Waals surface area contributed by atoms with Crippen molar-refractivity contribution >= 4 is 17.5 Å². The standard InChI is InChI=1S/C16H13ClN2O/c17-15-6-2-3-12(8-15)9-16(20)19-11-14-5-1-4-13(7-14)10-18/h1-8H,9,11H2,(H,19,20). The molecule has 100 valence electrons. The van der Waals surface area contributed by atoms with E-state index in [4.69, 9.17) is 16.9 Å². The SMILES string of the molecule is N#Cc1cccc(CNC(=O)Cc2cccc(Cl)c2)c1. The second-order valence-electron chi connectivity index (χ2n) is 4.40. The zero-order valence-electron chi connectivity index (χ0n) is 10.8. The number of carbonyl (C=O) groups excluding carboxylic acids is 1. The molecule has 0 aliphatic rings. The summed E-state index contributed by atoms with van der Waals surface area (Å²) in [5, 5.41) is 12.3. The summed E-state index contributed by atoms with van der Waals surface area (Å²) in [5.74, 6) is -0.0744. The average molecular weight is 285 g/mol. The normalized spacial score (nSPS) is 9.80. The van der Waals surface area contributed by atoms with Gasteiger partial charge in [0.05, 0.1) is 18.1 Å². The second-order valence-corrected chi connectivity index (χ2v) is 4.83. The van der Waals surface area contributed by atoms with Gasteiger partial charge in [0.2, 0.25) is 5.91 Å². The second kappa shape index (κ2) is 6.74. The van der Waals surface area contributed by atoms with E-state index in [-0.39, 0.29) is 5.91 Å². The Labute approximate surface area is 122 Å². The molecule has 2 rings (SSSR count). The number of carbonyl (C=O) groups is 1. The van der Waals surface area contributed by atoms with Crippen LogP contribution in [0.3, 0.4) is 0 Å². The Balaban J connectivity index is 1.90. The van der Waals surface area contributed by atoms with Crippen molar-refractivity contribution in [3.63, 3.8) is 0 Å². The van der Waals surface area contributed by atoms with Crippen LogP contribution in [0.1, 0.15) is 16.7 Å². The molecule has 0 bridgehead atoms. The minimum atomic E-state index is -0.0744. The molecular weight excluding hydrogens is 272 g/mol. The van der Waals surface area contributed by atoms with Crippen molar-refractivity contribution in [3.8, 4) is 6.07 Å². The Hall–Kier alpha value is -2.31. The maximum Gasteiger partial charge on any atom is 0.224 e. The van der Waals surface area contributed by atoms with Crippen LogP contribution >= 0.6 is 11.6 Å². The van der Waals surface area contributed by atoms with Gasteiger partial charge in [-0.1, -0.05) is 35.9 Å². The van der Waals surface area contributed by atoms with Crippen molar-refractivity contribution in [1.82, 2.24) is 5.32 Å². The third kappa shape index (κ3) is 4.11. The summed E-state index contributed by atoms with van der Waals surface area (Å²) in [4.78, 5) is 11.8. The smallest absolute Gasteiger partial charge is 0.224 e. The van der Waals surface area contributed by atoms with Gasteiger partial charge < -0.3 is 5.32 Å². The first-order chi connectivity index (χ1) is 9.67. The van der Waals surface area contributed by atoms with Crippen molar-refractivity contribution in [2.75, 3.05) is 0 Å². The van der Waals surface area contributed by atoms with Gasteiger partial charge in [0.1, 0.15) is 0 Å². The molecule has 20 heavy (non-hydrogen) atoms. The lowest BCUT2D eigenvalue weighted by atomic mass is 10.1. The summed E-state index contributed by atoms with van der Waals surface area (Å²) in [7, 11) is 0. The van der Waals surface area contributed by atoms with E-state index in [9.17, 15) is 4.79 Å². The third-order valence-electron chi connectivity index (χ3n) is 2.80. The number of halogens is 1. The van der Waals surface area contributed by atoms with Crippen molar-refractivity contribution in [2.24, 2.45) is 0 Å². The van der Waals surface area contributed by atoms with Crippen molar-refractivity contribution in [1.29, 1.82) is 5.26 Å². The molecule has 0 heterocycles. The number of nitrogens with zero attached hydrogens (tertiary/aromatic N) is 1. The summed E-state index contributed by atoms with van der Waals surface area (Å²) in [6.07, 6.45) is 0.290. The summed E-state index contributed by atoms with van der Waals surface area (Å²) < 4.78 is 0.